The number of para-hydroxylation sites is 1. The van der Waals surface area contributed by atoms with Gasteiger partial charge in [0, 0.05) is 49.5 Å². The minimum Gasteiger partial charge on any atom is -0.463 e. The van der Waals surface area contributed by atoms with Crippen molar-refractivity contribution in [3.8, 4) is 5.75 Å². The molecule has 8 nitrogen and oxygen atoms in total. The van der Waals surface area contributed by atoms with Crippen LogP contribution in [-0.4, -0.2) is 34.8 Å². The van der Waals surface area contributed by atoms with Crippen LogP contribution in [0, 0.1) is 0 Å². The van der Waals surface area contributed by atoms with Gasteiger partial charge in [0.1, 0.15) is 5.75 Å². The molecule has 4 aromatic rings. The number of alkyl halides is 1. The van der Waals surface area contributed by atoms with Crippen LogP contribution in [0.25, 0.3) is 0 Å². The van der Waals surface area contributed by atoms with Gasteiger partial charge in [0.25, 0.3) is 11.5 Å². The minimum atomic E-state index is -0.946. The Balaban J connectivity index is 1.44. The van der Waals surface area contributed by atoms with Crippen molar-refractivity contribution in [3.05, 3.63) is 117 Å². The number of rotatable bonds is 11. The van der Waals surface area contributed by atoms with Crippen molar-refractivity contribution >= 4 is 5.91 Å². The van der Waals surface area contributed by atoms with E-state index in [4.69, 9.17) is 9.47 Å². The summed E-state index contributed by atoms with van der Waals surface area (Å²) in [5, 5.41) is 2.79. The van der Waals surface area contributed by atoms with Crippen LogP contribution in [-0.2, 0) is 30.7 Å². The van der Waals surface area contributed by atoms with Crippen molar-refractivity contribution in [2.75, 3.05) is 14.0 Å². The van der Waals surface area contributed by atoms with Gasteiger partial charge >= 0.3 is 0 Å². The Bertz CT molecular complexity index is 1360. The van der Waals surface area contributed by atoms with E-state index in [1.54, 1.807) is 37.6 Å². The topological polar surface area (TPSA) is 109 Å². The fourth-order valence-electron chi connectivity index (χ4n) is 3.86. The molecule has 0 aliphatic carbocycles. The number of nitrogens with one attached hydrogen (secondary N) is 3. The van der Waals surface area contributed by atoms with Crippen molar-refractivity contribution in [1.82, 2.24) is 20.3 Å². The van der Waals surface area contributed by atoms with Crippen LogP contribution in [0.4, 0.5) is 4.39 Å². The number of halogens is 1. The molecule has 0 bridgehead atoms. The summed E-state index contributed by atoms with van der Waals surface area (Å²) in [5.41, 5.74) is 4.73. The van der Waals surface area contributed by atoms with Crippen LogP contribution in [0.2, 0.25) is 0 Å². The lowest BCUT2D eigenvalue weighted by Gasteiger charge is -2.09. The molecule has 1 amide bonds. The Hall–Kier alpha value is -4.24. The summed E-state index contributed by atoms with van der Waals surface area (Å²) < 4.78 is 22.8. The average molecular weight is 491 g/mol. The molecule has 3 N–H and O–H groups in total. The quantitative estimate of drug-likeness (QED) is 0.297. The molecule has 186 valence electrons. The van der Waals surface area contributed by atoms with Gasteiger partial charge in [0.05, 0.1) is 12.3 Å². The fraction of sp³-hybridized carbons (Fsp3) is 0.222. The number of hydrogen-bond acceptors (Lipinski definition) is 5. The molecule has 0 fully saturated rings. The first kappa shape index (κ1) is 24.9. The first-order valence-electron chi connectivity index (χ1n) is 11.4. The van der Waals surface area contributed by atoms with Crippen molar-refractivity contribution < 1.29 is 18.7 Å². The highest BCUT2D eigenvalue weighted by molar-refractivity contribution is 5.90. The SMILES string of the molecule is COCc1nc(C(=O)NCc2ccccc2OCF)[nH]c1Cc1ccc(Cc2ccc[nH]c2=O)cc1. The molecule has 0 radical (unpaired) electrons. The molecular formula is C27H27FN4O4. The van der Waals surface area contributed by atoms with Gasteiger partial charge in [-0.15, -0.1) is 0 Å². The summed E-state index contributed by atoms with van der Waals surface area (Å²) >= 11 is 0. The molecule has 0 atom stereocenters. The first-order chi connectivity index (χ1) is 17.6. The smallest absolute Gasteiger partial charge is 0.287 e. The highest BCUT2D eigenvalue weighted by atomic mass is 19.1. The van der Waals surface area contributed by atoms with E-state index >= 15 is 0 Å². The minimum absolute atomic E-state index is 0.0903. The zero-order chi connectivity index (χ0) is 25.3. The number of aromatic amines is 2. The molecule has 4 rings (SSSR count). The van der Waals surface area contributed by atoms with E-state index in [1.807, 2.05) is 36.4 Å². The molecule has 9 heteroatoms. The number of carbonyl (C=O) groups is 1. The van der Waals surface area contributed by atoms with Gasteiger partial charge in [0.2, 0.25) is 6.86 Å². The van der Waals surface area contributed by atoms with Crippen LogP contribution in [0.3, 0.4) is 0 Å². The third-order valence-electron chi connectivity index (χ3n) is 5.68. The summed E-state index contributed by atoms with van der Waals surface area (Å²) in [5.74, 6) is 0.152. The molecule has 2 aromatic carbocycles. The van der Waals surface area contributed by atoms with Gasteiger partial charge < -0.3 is 24.8 Å². The molecule has 2 heterocycles. The number of carbonyl (C=O) groups excluding carboxylic acids is 1. The largest absolute Gasteiger partial charge is 0.463 e. The van der Waals surface area contributed by atoms with Crippen molar-refractivity contribution in [3.63, 3.8) is 0 Å². The Morgan fingerprint density at radius 1 is 1.00 bits per heavy atom. The zero-order valence-corrected chi connectivity index (χ0v) is 19.8. The second-order valence-corrected chi connectivity index (χ2v) is 8.18. The third kappa shape index (κ3) is 6.25. The normalized spacial score (nSPS) is 10.8. The predicted molar refractivity (Wildman–Crippen MR) is 133 cm³/mol. The number of nitrogens with zero attached hydrogens (tertiary/aromatic N) is 1. The van der Waals surface area contributed by atoms with Crippen LogP contribution in [0.5, 0.6) is 5.75 Å². The van der Waals surface area contributed by atoms with Crippen molar-refractivity contribution in [2.45, 2.75) is 26.0 Å². The second kappa shape index (κ2) is 11.9. The Kier molecular flexibility index (Phi) is 8.25. The number of amides is 1. The highest BCUT2D eigenvalue weighted by Crippen LogP contribution is 2.19. The maximum absolute atomic E-state index is 12.8. The highest BCUT2D eigenvalue weighted by Gasteiger charge is 2.17. The number of hydrogen-bond donors (Lipinski definition) is 3. The maximum atomic E-state index is 12.8. The van der Waals surface area contributed by atoms with Gasteiger partial charge in [0.15, 0.2) is 5.82 Å². The Morgan fingerprint density at radius 3 is 2.44 bits per heavy atom. The van der Waals surface area contributed by atoms with E-state index in [1.165, 1.54) is 0 Å². The zero-order valence-electron chi connectivity index (χ0n) is 19.8. The van der Waals surface area contributed by atoms with E-state index in [-0.39, 0.29) is 24.5 Å². The molecule has 0 saturated carbocycles. The van der Waals surface area contributed by atoms with E-state index < -0.39 is 12.8 Å². The van der Waals surface area contributed by atoms with Gasteiger partial charge in [-0.2, -0.15) is 0 Å². The van der Waals surface area contributed by atoms with E-state index in [0.717, 1.165) is 16.8 Å². The van der Waals surface area contributed by atoms with Crippen LogP contribution < -0.4 is 15.6 Å². The number of methoxy groups -OCH3 is 1. The predicted octanol–water partition coefficient (Wildman–Crippen LogP) is 3.66. The molecule has 0 unspecified atom stereocenters. The lowest BCUT2D eigenvalue weighted by Crippen LogP contribution is -2.24. The summed E-state index contributed by atoms with van der Waals surface area (Å²) in [4.78, 5) is 34.9. The monoisotopic (exact) mass is 490 g/mol. The van der Waals surface area contributed by atoms with Crippen molar-refractivity contribution in [2.24, 2.45) is 0 Å². The number of pyridine rings is 1. The summed E-state index contributed by atoms with van der Waals surface area (Å²) in [6, 6.07) is 18.5. The fourth-order valence-corrected chi connectivity index (χ4v) is 3.86. The molecular weight excluding hydrogens is 463 g/mol. The number of ether oxygens (including phenoxy) is 2. The molecule has 0 aliphatic heterocycles. The van der Waals surface area contributed by atoms with Crippen molar-refractivity contribution in [1.29, 1.82) is 0 Å². The van der Waals surface area contributed by atoms with Gasteiger partial charge in [-0.1, -0.05) is 48.5 Å². The lowest BCUT2D eigenvalue weighted by atomic mass is 10.0. The van der Waals surface area contributed by atoms with Gasteiger partial charge in [-0.05, 0) is 23.3 Å². The molecule has 2 aromatic heterocycles. The number of aromatic nitrogens is 3. The number of imidazole rings is 1. The Labute approximate surface area is 207 Å². The maximum Gasteiger partial charge on any atom is 0.287 e. The lowest BCUT2D eigenvalue weighted by molar-refractivity contribution is 0.0940. The third-order valence-corrected chi connectivity index (χ3v) is 5.68. The van der Waals surface area contributed by atoms with Crippen LogP contribution in [0.1, 0.15) is 44.3 Å². The number of H-pyrrole nitrogens is 2. The van der Waals surface area contributed by atoms with E-state index in [9.17, 15) is 14.0 Å². The first-order valence-corrected chi connectivity index (χ1v) is 11.4. The van der Waals surface area contributed by atoms with Crippen LogP contribution in [0.15, 0.2) is 71.7 Å². The second-order valence-electron chi connectivity index (χ2n) is 8.18. The summed E-state index contributed by atoms with van der Waals surface area (Å²) in [6.07, 6.45) is 2.68. The average Bonchev–Trinajstić information content (AvgIpc) is 3.28. The van der Waals surface area contributed by atoms with E-state index in [0.29, 0.717) is 35.4 Å². The molecule has 36 heavy (non-hydrogen) atoms. The molecule has 0 aliphatic rings. The number of benzene rings is 2. The van der Waals surface area contributed by atoms with Crippen LogP contribution >= 0.6 is 0 Å². The van der Waals surface area contributed by atoms with Gasteiger partial charge in [-0.25, -0.2) is 9.37 Å². The molecule has 0 spiro atoms. The standard InChI is InChI=1S/C27H27FN4O4/c1-35-16-23-22(14-19-10-8-18(9-11-19)13-20-6-4-12-29-26(20)33)31-25(32-23)27(34)30-15-21-5-2-3-7-24(21)36-17-28/h2-12H,13-17H2,1H3,(H,29,33)(H,30,34)(H,31,32). The van der Waals surface area contributed by atoms with E-state index in [2.05, 4.69) is 20.3 Å². The van der Waals surface area contributed by atoms with Gasteiger partial charge in [-0.3, -0.25) is 9.59 Å². The Morgan fingerprint density at radius 2 is 1.72 bits per heavy atom. The summed E-state index contributed by atoms with van der Waals surface area (Å²) in [6.45, 7) is -0.532. The molecule has 0 saturated heterocycles. The summed E-state index contributed by atoms with van der Waals surface area (Å²) in [7, 11) is 1.57.